The van der Waals surface area contributed by atoms with Crippen LogP contribution in [0.15, 0.2) is 30.3 Å². The molecular weight excluding hydrogens is 314 g/mol. The Bertz CT molecular complexity index is 724. The van der Waals surface area contributed by atoms with Crippen molar-refractivity contribution in [1.82, 2.24) is 14.9 Å². The molecule has 6 heteroatoms. The summed E-state index contributed by atoms with van der Waals surface area (Å²) in [5.41, 5.74) is 9.22. The van der Waals surface area contributed by atoms with Crippen molar-refractivity contribution in [3.8, 4) is 0 Å². The van der Waals surface area contributed by atoms with Crippen LogP contribution >= 0.6 is 0 Å². The van der Waals surface area contributed by atoms with Gasteiger partial charge in [-0.15, -0.1) is 0 Å². The van der Waals surface area contributed by atoms with Crippen LogP contribution < -0.4 is 11.1 Å². The Morgan fingerprint density at radius 3 is 2.60 bits per heavy atom. The molecule has 1 atom stereocenters. The second-order valence-electron chi connectivity index (χ2n) is 6.60. The molecule has 25 heavy (non-hydrogen) atoms. The molecule has 1 fully saturated rings. The molecule has 2 heterocycles. The van der Waals surface area contributed by atoms with Crippen molar-refractivity contribution in [1.29, 1.82) is 0 Å². The number of aryl methyl sites for hydroxylation is 2. The van der Waals surface area contributed by atoms with Gasteiger partial charge >= 0.3 is 0 Å². The smallest absolute Gasteiger partial charge is 0.227 e. The molecule has 3 N–H and O–H groups in total. The zero-order valence-corrected chi connectivity index (χ0v) is 14.8. The first-order valence-corrected chi connectivity index (χ1v) is 8.72. The number of rotatable bonds is 4. The monoisotopic (exact) mass is 339 g/mol. The summed E-state index contributed by atoms with van der Waals surface area (Å²) in [6, 6.07) is 10.4. The highest BCUT2D eigenvalue weighted by molar-refractivity contribution is 5.79. The number of piperidine rings is 1. The minimum atomic E-state index is 0.124. The first-order valence-electron chi connectivity index (χ1n) is 8.72. The van der Waals surface area contributed by atoms with E-state index in [1.165, 1.54) is 0 Å². The SMILES string of the molecule is Cc1nc(N)nc(C)c1CC(=O)N1CCC[C@H](Nc2ccccc2)C1. The van der Waals surface area contributed by atoms with Crippen molar-refractivity contribution < 1.29 is 4.79 Å². The second kappa shape index (κ2) is 7.51. The number of nitrogens with zero attached hydrogens (tertiary/aromatic N) is 3. The maximum atomic E-state index is 12.8. The first-order chi connectivity index (χ1) is 12.0. The fraction of sp³-hybridized carbons (Fsp3) is 0.421. The maximum Gasteiger partial charge on any atom is 0.227 e. The van der Waals surface area contributed by atoms with Crippen molar-refractivity contribution in [2.45, 2.75) is 39.2 Å². The summed E-state index contributed by atoms with van der Waals surface area (Å²) < 4.78 is 0. The Balaban J connectivity index is 1.64. The third-order valence-corrected chi connectivity index (χ3v) is 4.68. The summed E-state index contributed by atoms with van der Waals surface area (Å²) in [5.74, 6) is 0.385. The Morgan fingerprint density at radius 1 is 1.24 bits per heavy atom. The molecule has 2 aromatic rings. The highest BCUT2D eigenvalue weighted by Crippen LogP contribution is 2.18. The van der Waals surface area contributed by atoms with Gasteiger partial charge in [0.1, 0.15) is 0 Å². The number of hydrogen-bond donors (Lipinski definition) is 2. The fourth-order valence-corrected chi connectivity index (χ4v) is 3.38. The molecule has 1 aliphatic heterocycles. The Labute approximate surface area is 148 Å². The topological polar surface area (TPSA) is 84.1 Å². The highest BCUT2D eigenvalue weighted by atomic mass is 16.2. The zero-order valence-electron chi connectivity index (χ0n) is 14.8. The summed E-state index contributed by atoms with van der Waals surface area (Å²) in [7, 11) is 0. The van der Waals surface area contributed by atoms with Crippen molar-refractivity contribution in [2.75, 3.05) is 24.1 Å². The Hall–Kier alpha value is -2.63. The standard InChI is InChI=1S/C19H25N5O/c1-13-17(14(2)22-19(20)21-13)11-18(25)24-10-6-9-16(12-24)23-15-7-4-3-5-8-15/h3-5,7-8,16,23H,6,9-12H2,1-2H3,(H2,20,21,22)/t16-/m0/s1. The maximum absolute atomic E-state index is 12.8. The van der Waals surface area contributed by atoms with Crippen molar-refractivity contribution in [3.63, 3.8) is 0 Å². The van der Waals surface area contributed by atoms with Crippen LogP contribution in [-0.4, -0.2) is 39.9 Å². The van der Waals surface area contributed by atoms with E-state index in [2.05, 4.69) is 27.4 Å². The van der Waals surface area contributed by atoms with Gasteiger partial charge in [0.15, 0.2) is 0 Å². The number of nitrogens with one attached hydrogen (secondary N) is 1. The zero-order chi connectivity index (χ0) is 17.8. The van der Waals surface area contributed by atoms with Gasteiger partial charge in [-0.2, -0.15) is 0 Å². The molecule has 0 bridgehead atoms. The van der Waals surface area contributed by atoms with Crippen molar-refractivity contribution in [2.24, 2.45) is 0 Å². The van der Waals surface area contributed by atoms with E-state index in [1.807, 2.05) is 36.9 Å². The van der Waals surface area contributed by atoms with E-state index in [4.69, 9.17) is 5.73 Å². The number of hydrogen-bond acceptors (Lipinski definition) is 5. The van der Waals surface area contributed by atoms with Crippen LogP contribution in [0.5, 0.6) is 0 Å². The average Bonchev–Trinajstić information content (AvgIpc) is 2.59. The van der Waals surface area contributed by atoms with Gasteiger partial charge in [-0.05, 0) is 38.8 Å². The van der Waals surface area contributed by atoms with E-state index >= 15 is 0 Å². The number of benzene rings is 1. The lowest BCUT2D eigenvalue weighted by molar-refractivity contribution is -0.131. The van der Waals surface area contributed by atoms with Gasteiger partial charge in [-0.1, -0.05) is 18.2 Å². The van der Waals surface area contributed by atoms with Gasteiger partial charge in [0, 0.05) is 41.8 Å². The molecule has 1 aromatic heterocycles. The Kier molecular flexibility index (Phi) is 5.16. The van der Waals surface area contributed by atoms with E-state index in [0.29, 0.717) is 6.42 Å². The highest BCUT2D eigenvalue weighted by Gasteiger charge is 2.24. The van der Waals surface area contributed by atoms with E-state index in [-0.39, 0.29) is 17.9 Å². The lowest BCUT2D eigenvalue weighted by Crippen LogP contribution is -2.45. The molecular formula is C19H25N5O. The van der Waals surface area contributed by atoms with Crippen LogP contribution in [0.2, 0.25) is 0 Å². The fourth-order valence-electron chi connectivity index (χ4n) is 3.38. The van der Waals surface area contributed by atoms with Crippen molar-refractivity contribution in [3.05, 3.63) is 47.3 Å². The quantitative estimate of drug-likeness (QED) is 0.893. The van der Waals surface area contributed by atoms with Crippen LogP contribution in [0.3, 0.4) is 0 Å². The van der Waals surface area contributed by atoms with Crippen LogP contribution in [0.1, 0.15) is 29.8 Å². The van der Waals surface area contributed by atoms with Gasteiger partial charge in [0.05, 0.1) is 6.42 Å². The largest absolute Gasteiger partial charge is 0.381 e. The molecule has 0 saturated carbocycles. The molecule has 132 valence electrons. The second-order valence-corrected chi connectivity index (χ2v) is 6.60. The molecule has 0 aliphatic carbocycles. The third kappa shape index (κ3) is 4.26. The predicted octanol–water partition coefficient (Wildman–Crippen LogP) is 2.32. The molecule has 1 aliphatic rings. The summed E-state index contributed by atoms with van der Waals surface area (Å²) in [6.45, 7) is 5.29. The molecule has 0 unspecified atom stereocenters. The third-order valence-electron chi connectivity index (χ3n) is 4.68. The van der Waals surface area contributed by atoms with Gasteiger partial charge in [-0.3, -0.25) is 4.79 Å². The van der Waals surface area contributed by atoms with Crippen LogP contribution in [-0.2, 0) is 11.2 Å². The summed E-state index contributed by atoms with van der Waals surface area (Å²) in [6.07, 6.45) is 2.41. The van der Waals surface area contributed by atoms with E-state index in [1.54, 1.807) is 0 Å². The summed E-state index contributed by atoms with van der Waals surface area (Å²) in [5, 5.41) is 3.52. The number of anilines is 2. The molecule has 6 nitrogen and oxygen atoms in total. The number of nitrogen functional groups attached to an aromatic ring is 1. The van der Waals surface area contributed by atoms with E-state index < -0.39 is 0 Å². The minimum Gasteiger partial charge on any atom is -0.381 e. The predicted molar refractivity (Wildman–Crippen MR) is 99.3 cm³/mol. The van der Waals surface area contributed by atoms with Crippen molar-refractivity contribution >= 4 is 17.5 Å². The first kappa shape index (κ1) is 17.2. The number of amides is 1. The van der Waals surface area contributed by atoms with E-state index in [9.17, 15) is 4.79 Å². The van der Waals surface area contributed by atoms with Gasteiger partial charge < -0.3 is 16.0 Å². The molecule has 0 radical (unpaired) electrons. The molecule has 0 spiro atoms. The lowest BCUT2D eigenvalue weighted by Gasteiger charge is -2.34. The summed E-state index contributed by atoms with van der Waals surface area (Å²) in [4.78, 5) is 23.1. The van der Waals surface area contributed by atoms with E-state index in [0.717, 1.165) is 48.6 Å². The molecule has 1 aromatic carbocycles. The molecule has 1 saturated heterocycles. The number of carbonyl (C=O) groups excluding carboxylic acids is 1. The average molecular weight is 339 g/mol. The number of carbonyl (C=O) groups is 1. The number of nitrogens with two attached hydrogens (primary N) is 1. The molecule has 3 rings (SSSR count). The normalized spacial score (nSPS) is 17.4. The van der Waals surface area contributed by atoms with Gasteiger partial charge in [0.25, 0.3) is 0 Å². The lowest BCUT2D eigenvalue weighted by atomic mass is 10.0. The number of para-hydroxylation sites is 1. The van der Waals surface area contributed by atoms with Crippen LogP contribution in [0.25, 0.3) is 0 Å². The minimum absolute atomic E-state index is 0.124. The summed E-state index contributed by atoms with van der Waals surface area (Å²) >= 11 is 0. The van der Waals surface area contributed by atoms with Gasteiger partial charge in [-0.25, -0.2) is 9.97 Å². The number of likely N-dealkylation sites (tertiary alicyclic amines) is 1. The van der Waals surface area contributed by atoms with Crippen LogP contribution in [0, 0.1) is 13.8 Å². The van der Waals surface area contributed by atoms with Crippen LogP contribution in [0.4, 0.5) is 11.6 Å². The number of aromatic nitrogens is 2. The Morgan fingerprint density at radius 2 is 1.92 bits per heavy atom. The molecule has 1 amide bonds. The van der Waals surface area contributed by atoms with Gasteiger partial charge in [0.2, 0.25) is 11.9 Å².